The lowest BCUT2D eigenvalue weighted by Crippen LogP contribution is -2.37. The molecular weight excluding hydrogens is 296 g/mol. The Morgan fingerprint density at radius 1 is 1.13 bits per heavy atom. The highest BCUT2D eigenvalue weighted by molar-refractivity contribution is 5.54. The summed E-state index contributed by atoms with van der Waals surface area (Å²) >= 11 is 0. The molecule has 2 aliphatic rings. The minimum absolute atomic E-state index is 0.572. The molecule has 1 saturated heterocycles. The second-order valence-corrected chi connectivity index (χ2v) is 5.81. The number of nitrogens with zero attached hydrogens (tertiary/aromatic N) is 1. The molecule has 0 unspecified atom stereocenters. The Morgan fingerprint density at radius 3 is 2.78 bits per heavy atom. The van der Waals surface area contributed by atoms with E-state index in [-0.39, 0.29) is 0 Å². The molecular formula is C17H26N2O4. The Hall–Kier alpha value is -1.50. The lowest BCUT2D eigenvalue weighted by molar-refractivity contribution is 0.0374. The summed E-state index contributed by atoms with van der Waals surface area (Å²) in [5.74, 6) is 2.24. The molecule has 0 radical (unpaired) electrons. The third kappa shape index (κ3) is 4.50. The summed E-state index contributed by atoms with van der Waals surface area (Å²) in [5.41, 5.74) is 1.15. The van der Waals surface area contributed by atoms with Crippen LogP contribution in [0.4, 0.5) is 0 Å². The van der Waals surface area contributed by atoms with Crippen molar-refractivity contribution in [1.29, 1.82) is 0 Å². The zero-order valence-corrected chi connectivity index (χ0v) is 13.8. The lowest BCUT2D eigenvalue weighted by Gasteiger charge is -2.26. The third-order valence-electron chi connectivity index (χ3n) is 4.15. The minimum Gasteiger partial charge on any atom is -0.493 e. The van der Waals surface area contributed by atoms with Crippen molar-refractivity contribution in [2.45, 2.75) is 13.0 Å². The Kier molecular flexibility index (Phi) is 5.96. The Bertz CT molecular complexity index is 486. The van der Waals surface area contributed by atoms with Crippen molar-refractivity contribution >= 4 is 0 Å². The molecule has 6 heteroatoms. The number of nitrogens with one attached hydrogen (secondary N) is 1. The largest absolute Gasteiger partial charge is 0.493 e. The van der Waals surface area contributed by atoms with E-state index in [1.807, 2.05) is 12.1 Å². The van der Waals surface area contributed by atoms with Gasteiger partial charge in [0, 0.05) is 19.6 Å². The van der Waals surface area contributed by atoms with Crippen LogP contribution in [-0.2, 0) is 11.3 Å². The fourth-order valence-electron chi connectivity index (χ4n) is 2.91. The molecule has 0 atom stereocenters. The molecule has 3 rings (SSSR count). The predicted octanol–water partition coefficient (Wildman–Crippen LogP) is 1.28. The van der Waals surface area contributed by atoms with Gasteiger partial charge in [0.2, 0.25) is 5.75 Å². The van der Waals surface area contributed by atoms with Gasteiger partial charge in [-0.05, 0) is 37.2 Å². The average Bonchev–Trinajstić information content (AvgIpc) is 2.61. The summed E-state index contributed by atoms with van der Waals surface area (Å²) in [6, 6.07) is 4.05. The van der Waals surface area contributed by atoms with Crippen molar-refractivity contribution in [2.75, 3.05) is 59.7 Å². The molecule has 6 nitrogen and oxygen atoms in total. The van der Waals surface area contributed by atoms with Crippen LogP contribution in [0.1, 0.15) is 12.0 Å². The van der Waals surface area contributed by atoms with Gasteiger partial charge < -0.3 is 24.3 Å². The van der Waals surface area contributed by atoms with Crippen LogP contribution < -0.4 is 19.5 Å². The number of morpholine rings is 1. The summed E-state index contributed by atoms with van der Waals surface area (Å²) in [6.45, 7) is 7.92. The number of benzene rings is 1. The maximum absolute atomic E-state index is 5.66. The smallest absolute Gasteiger partial charge is 0.203 e. The van der Waals surface area contributed by atoms with Gasteiger partial charge in [-0.1, -0.05) is 0 Å². The fourth-order valence-corrected chi connectivity index (χ4v) is 2.91. The number of fused-ring (bicyclic) bond motifs is 1. The van der Waals surface area contributed by atoms with Gasteiger partial charge in [-0.3, -0.25) is 4.90 Å². The van der Waals surface area contributed by atoms with Crippen LogP contribution in [0.5, 0.6) is 17.2 Å². The summed E-state index contributed by atoms with van der Waals surface area (Å²) in [7, 11) is 1.66. The quantitative estimate of drug-likeness (QED) is 0.763. The zero-order valence-electron chi connectivity index (χ0n) is 13.8. The van der Waals surface area contributed by atoms with Crippen molar-refractivity contribution in [3.8, 4) is 17.2 Å². The molecule has 2 heterocycles. The first-order valence-corrected chi connectivity index (χ1v) is 8.34. The second-order valence-electron chi connectivity index (χ2n) is 5.81. The number of ether oxygens (including phenoxy) is 4. The highest BCUT2D eigenvalue weighted by Gasteiger charge is 2.18. The number of rotatable bonds is 7. The van der Waals surface area contributed by atoms with E-state index < -0.39 is 0 Å². The van der Waals surface area contributed by atoms with E-state index in [0.717, 1.165) is 75.2 Å². The van der Waals surface area contributed by atoms with Gasteiger partial charge in [0.05, 0.1) is 20.3 Å². The van der Waals surface area contributed by atoms with E-state index >= 15 is 0 Å². The van der Waals surface area contributed by atoms with E-state index in [0.29, 0.717) is 13.2 Å². The normalized spacial score (nSPS) is 18.0. The van der Waals surface area contributed by atoms with Crippen LogP contribution in [0.15, 0.2) is 12.1 Å². The highest BCUT2D eigenvalue weighted by atomic mass is 16.6. The van der Waals surface area contributed by atoms with E-state index in [2.05, 4.69) is 10.2 Å². The fraction of sp³-hybridized carbons (Fsp3) is 0.647. The summed E-state index contributed by atoms with van der Waals surface area (Å²) in [5, 5.41) is 3.49. The van der Waals surface area contributed by atoms with Crippen molar-refractivity contribution in [3.63, 3.8) is 0 Å². The summed E-state index contributed by atoms with van der Waals surface area (Å²) < 4.78 is 22.1. The van der Waals surface area contributed by atoms with Crippen molar-refractivity contribution < 1.29 is 18.9 Å². The lowest BCUT2D eigenvalue weighted by atomic mass is 10.1. The second kappa shape index (κ2) is 8.38. The van der Waals surface area contributed by atoms with Gasteiger partial charge >= 0.3 is 0 Å². The van der Waals surface area contributed by atoms with E-state index in [9.17, 15) is 0 Å². The molecule has 1 aromatic carbocycles. The van der Waals surface area contributed by atoms with Gasteiger partial charge in [0.25, 0.3) is 0 Å². The molecule has 128 valence electrons. The maximum Gasteiger partial charge on any atom is 0.203 e. The molecule has 0 spiro atoms. The van der Waals surface area contributed by atoms with Crippen LogP contribution in [-0.4, -0.2) is 64.6 Å². The molecule has 1 fully saturated rings. The Morgan fingerprint density at radius 2 is 1.96 bits per heavy atom. The molecule has 0 amide bonds. The first kappa shape index (κ1) is 16.4. The van der Waals surface area contributed by atoms with Crippen molar-refractivity contribution in [1.82, 2.24) is 10.2 Å². The van der Waals surface area contributed by atoms with Crippen LogP contribution in [0.3, 0.4) is 0 Å². The van der Waals surface area contributed by atoms with Crippen LogP contribution >= 0.6 is 0 Å². The predicted molar refractivity (Wildman–Crippen MR) is 87.6 cm³/mol. The monoisotopic (exact) mass is 322 g/mol. The summed E-state index contributed by atoms with van der Waals surface area (Å²) in [4.78, 5) is 2.46. The van der Waals surface area contributed by atoms with Gasteiger partial charge in [0.1, 0.15) is 13.2 Å². The minimum atomic E-state index is 0.572. The molecule has 1 aromatic rings. The van der Waals surface area contributed by atoms with E-state index in [1.54, 1.807) is 7.11 Å². The van der Waals surface area contributed by atoms with Gasteiger partial charge in [-0.25, -0.2) is 0 Å². The van der Waals surface area contributed by atoms with Gasteiger partial charge in [-0.15, -0.1) is 0 Å². The van der Waals surface area contributed by atoms with Crippen molar-refractivity contribution in [3.05, 3.63) is 17.7 Å². The maximum atomic E-state index is 5.66. The van der Waals surface area contributed by atoms with Crippen LogP contribution in [0.2, 0.25) is 0 Å². The van der Waals surface area contributed by atoms with Gasteiger partial charge in [-0.2, -0.15) is 0 Å². The Labute approximate surface area is 137 Å². The summed E-state index contributed by atoms with van der Waals surface area (Å²) in [6.07, 6.45) is 1.14. The van der Waals surface area contributed by atoms with Crippen LogP contribution in [0, 0.1) is 0 Å². The molecule has 0 aliphatic carbocycles. The molecule has 0 saturated carbocycles. The number of methoxy groups -OCH3 is 1. The molecule has 2 aliphatic heterocycles. The van der Waals surface area contributed by atoms with E-state index in [4.69, 9.17) is 18.9 Å². The number of hydrogen-bond donors (Lipinski definition) is 1. The first-order valence-electron chi connectivity index (χ1n) is 8.34. The topological polar surface area (TPSA) is 52.2 Å². The van der Waals surface area contributed by atoms with E-state index in [1.165, 1.54) is 0 Å². The first-order chi connectivity index (χ1) is 11.4. The SMILES string of the molecule is COc1cc(CNCCCN2CCOCC2)cc2c1OCCO2. The Balaban J connectivity index is 1.44. The highest BCUT2D eigenvalue weighted by Crippen LogP contribution is 2.40. The zero-order chi connectivity index (χ0) is 15.9. The molecule has 0 bridgehead atoms. The number of hydrogen-bond acceptors (Lipinski definition) is 6. The average molecular weight is 322 g/mol. The third-order valence-corrected chi connectivity index (χ3v) is 4.15. The standard InChI is InChI=1S/C17H26N2O4/c1-20-15-11-14(12-16-17(15)23-10-9-22-16)13-18-3-2-4-19-5-7-21-8-6-19/h11-12,18H,2-10,13H2,1H3. The molecule has 23 heavy (non-hydrogen) atoms. The van der Waals surface area contributed by atoms with Crippen LogP contribution in [0.25, 0.3) is 0 Å². The molecule has 0 aromatic heterocycles. The molecule has 1 N–H and O–H groups in total. The van der Waals surface area contributed by atoms with Gasteiger partial charge in [0.15, 0.2) is 11.5 Å². The van der Waals surface area contributed by atoms with Crippen molar-refractivity contribution in [2.24, 2.45) is 0 Å².